The Labute approximate surface area is 299 Å². The lowest BCUT2D eigenvalue weighted by molar-refractivity contribution is 0.420. The molecule has 0 amide bonds. The molecule has 2 fully saturated rings. The van der Waals surface area contributed by atoms with Crippen molar-refractivity contribution >= 4 is 38.9 Å². The van der Waals surface area contributed by atoms with Crippen molar-refractivity contribution in [2.24, 2.45) is 11.8 Å². The van der Waals surface area contributed by atoms with Gasteiger partial charge in [-0.25, -0.2) is 0 Å². The fourth-order valence-corrected chi connectivity index (χ4v) is 9.13. The van der Waals surface area contributed by atoms with Crippen molar-refractivity contribution in [1.29, 1.82) is 0 Å². The van der Waals surface area contributed by atoms with E-state index in [1.54, 1.807) is 0 Å². The fraction of sp³-hybridized carbons (Fsp3) is 0.146. The summed E-state index contributed by atoms with van der Waals surface area (Å²) < 4.78 is 2.37. The van der Waals surface area contributed by atoms with Gasteiger partial charge in [0.15, 0.2) is 0 Å². The largest absolute Gasteiger partial charge is 0.311 e. The Balaban J connectivity index is 1.02. The molecule has 8 aromatic rings. The number of aromatic nitrogens is 2. The third-order valence-corrected chi connectivity index (χ3v) is 11.6. The lowest BCUT2D eigenvalue weighted by atomic mass is 9.83. The van der Waals surface area contributed by atoms with Crippen LogP contribution in [0.15, 0.2) is 170 Å². The van der Waals surface area contributed by atoms with Crippen molar-refractivity contribution in [3.8, 4) is 27.9 Å². The number of hydrogen-bond donors (Lipinski definition) is 0. The Kier molecular flexibility index (Phi) is 7.30. The first-order chi connectivity index (χ1) is 25.3. The summed E-state index contributed by atoms with van der Waals surface area (Å²) in [6, 6.07) is 57.9. The molecule has 246 valence electrons. The van der Waals surface area contributed by atoms with Gasteiger partial charge in [-0.2, -0.15) is 0 Å². The van der Waals surface area contributed by atoms with E-state index in [2.05, 4.69) is 172 Å². The van der Waals surface area contributed by atoms with Crippen LogP contribution in [-0.4, -0.2) is 9.55 Å². The van der Waals surface area contributed by atoms with Gasteiger partial charge in [0.25, 0.3) is 0 Å². The molecule has 0 N–H and O–H groups in total. The smallest absolute Gasteiger partial charge is 0.0541 e. The molecular formula is C48H39N3. The minimum absolute atomic E-state index is 0.726. The maximum Gasteiger partial charge on any atom is 0.0541 e. The summed E-state index contributed by atoms with van der Waals surface area (Å²) in [4.78, 5) is 6.60. The van der Waals surface area contributed by atoms with Crippen LogP contribution in [0.4, 0.5) is 17.1 Å². The summed E-state index contributed by atoms with van der Waals surface area (Å²) in [5.74, 6) is 2.54. The highest BCUT2D eigenvalue weighted by Crippen LogP contribution is 2.53. The van der Waals surface area contributed by atoms with E-state index in [9.17, 15) is 0 Å². The number of pyridine rings is 1. The molecule has 0 saturated heterocycles. The van der Waals surface area contributed by atoms with Crippen LogP contribution in [0, 0.1) is 11.8 Å². The average Bonchev–Trinajstić information content (AvgIpc) is 3.93. The molecule has 3 atom stereocenters. The quantitative estimate of drug-likeness (QED) is 0.170. The van der Waals surface area contributed by atoms with Gasteiger partial charge in [0.1, 0.15) is 0 Å². The van der Waals surface area contributed by atoms with Crippen LogP contribution >= 0.6 is 0 Å². The average molecular weight is 658 g/mol. The molecule has 51 heavy (non-hydrogen) atoms. The zero-order valence-electron chi connectivity index (χ0n) is 28.6. The van der Waals surface area contributed by atoms with E-state index >= 15 is 0 Å². The Bertz CT molecular complexity index is 2460. The third-order valence-electron chi connectivity index (χ3n) is 11.6. The molecule has 2 bridgehead atoms. The molecule has 2 aromatic heterocycles. The fourth-order valence-electron chi connectivity index (χ4n) is 9.13. The maximum atomic E-state index is 4.21. The highest BCUT2D eigenvalue weighted by atomic mass is 15.1. The van der Waals surface area contributed by atoms with Crippen molar-refractivity contribution in [2.45, 2.75) is 31.6 Å². The molecule has 3 nitrogen and oxygen atoms in total. The molecule has 2 heterocycles. The topological polar surface area (TPSA) is 21.1 Å². The van der Waals surface area contributed by atoms with Gasteiger partial charge in [-0.05, 0) is 144 Å². The molecule has 0 spiro atoms. The minimum Gasteiger partial charge on any atom is -0.311 e. The lowest BCUT2D eigenvalue weighted by Gasteiger charge is -2.27. The van der Waals surface area contributed by atoms with E-state index < -0.39 is 0 Å². The van der Waals surface area contributed by atoms with Gasteiger partial charge in [-0.15, -0.1) is 0 Å². The summed E-state index contributed by atoms with van der Waals surface area (Å²) in [6.07, 6.45) is 9.34. The molecule has 2 aliphatic carbocycles. The first-order valence-corrected chi connectivity index (χ1v) is 18.4. The molecule has 3 heteroatoms. The second-order valence-corrected chi connectivity index (χ2v) is 14.5. The minimum atomic E-state index is 0.726. The summed E-state index contributed by atoms with van der Waals surface area (Å²) >= 11 is 0. The number of rotatable bonds is 7. The monoisotopic (exact) mass is 657 g/mol. The zero-order chi connectivity index (χ0) is 33.7. The van der Waals surface area contributed by atoms with Crippen LogP contribution in [0.5, 0.6) is 0 Å². The van der Waals surface area contributed by atoms with Crippen LogP contribution in [0.2, 0.25) is 0 Å². The van der Waals surface area contributed by atoms with Crippen LogP contribution < -0.4 is 4.90 Å². The van der Waals surface area contributed by atoms with Gasteiger partial charge < -0.3 is 9.47 Å². The van der Waals surface area contributed by atoms with Gasteiger partial charge >= 0.3 is 0 Å². The van der Waals surface area contributed by atoms with Gasteiger partial charge in [-0.3, -0.25) is 4.98 Å². The van der Waals surface area contributed by atoms with Crippen molar-refractivity contribution in [1.82, 2.24) is 9.55 Å². The number of benzene rings is 6. The van der Waals surface area contributed by atoms with E-state index in [1.165, 1.54) is 86.7 Å². The normalized spacial score (nSPS) is 18.1. The highest BCUT2D eigenvalue weighted by Gasteiger charge is 2.40. The Morgan fingerprint density at radius 2 is 1.08 bits per heavy atom. The number of hydrogen-bond acceptors (Lipinski definition) is 2. The predicted octanol–water partition coefficient (Wildman–Crippen LogP) is 12.9. The van der Waals surface area contributed by atoms with Crippen molar-refractivity contribution < 1.29 is 0 Å². The number of fused-ring (bicyclic) bond motifs is 5. The van der Waals surface area contributed by atoms with Gasteiger partial charge in [0.2, 0.25) is 0 Å². The Morgan fingerprint density at radius 1 is 0.490 bits per heavy atom. The SMILES string of the molecule is c1ccc(-n2c3ccccc3c3cc(-c4ccc(N(c5ccc(-c6ccncc6)cc5)c5ccc(C6CC7CCC6C7)cc5)cc4)ccc32)cc1. The van der Waals surface area contributed by atoms with Crippen molar-refractivity contribution in [3.05, 3.63) is 176 Å². The number of anilines is 3. The second-order valence-electron chi connectivity index (χ2n) is 14.5. The zero-order valence-corrected chi connectivity index (χ0v) is 28.6. The predicted molar refractivity (Wildman–Crippen MR) is 212 cm³/mol. The van der Waals surface area contributed by atoms with E-state index in [0.717, 1.165) is 29.1 Å². The third kappa shape index (κ3) is 5.32. The van der Waals surface area contributed by atoms with Crippen LogP contribution in [0.3, 0.4) is 0 Å². The standard InChI is InChI=1S/C48H39N3/c1-2-6-40(7-3-1)51-47-9-5-4-8-44(47)46-32-38(18-25-48(46)51)35-14-21-42(22-15-35)50(41-19-12-34(13-20-41)36-26-28-49-29-27-36)43-23-16-37(17-24-43)45-31-33-10-11-39(45)30-33/h1-9,12-29,32-33,39,45H,10-11,30-31H2. The van der Waals surface area contributed by atoms with Crippen molar-refractivity contribution in [2.75, 3.05) is 4.90 Å². The van der Waals surface area contributed by atoms with Gasteiger partial charge in [-0.1, -0.05) is 85.3 Å². The summed E-state index contributed by atoms with van der Waals surface area (Å²) in [7, 11) is 0. The Morgan fingerprint density at radius 3 is 1.75 bits per heavy atom. The first kappa shape index (κ1) is 29.9. The second kappa shape index (κ2) is 12.4. The van der Waals surface area contributed by atoms with Crippen molar-refractivity contribution in [3.63, 3.8) is 0 Å². The van der Waals surface area contributed by atoms with E-state index in [4.69, 9.17) is 0 Å². The first-order valence-electron chi connectivity index (χ1n) is 18.4. The summed E-state index contributed by atoms with van der Waals surface area (Å²) in [6.45, 7) is 0. The number of nitrogens with zero attached hydrogens (tertiary/aromatic N) is 3. The molecule has 6 aromatic carbocycles. The van der Waals surface area contributed by atoms with E-state index in [-0.39, 0.29) is 0 Å². The number of para-hydroxylation sites is 2. The van der Waals surface area contributed by atoms with Crippen LogP contribution in [0.25, 0.3) is 49.7 Å². The highest BCUT2D eigenvalue weighted by molar-refractivity contribution is 6.10. The van der Waals surface area contributed by atoms with Crippen LogP contribution in [-0.2, 0) is 0 Å². The maximum absolute atomic E-state index is 4.21. The molecule has 0 radical (unpaired) electrons. The molecule has 2 aliphatic rings. The molecular weight excluding hydrogens is 619 g/mol. The molecule has 3 unspecified atom stereocenters. The summed E-state index contributed by atoms with van der Waals surface area (Å²) in [5.41, 5.74) is 13.4. The molecule has 10 rings (SSSR count). The van der Waals surface area contributed by atoms with E-state index in [0.29, 0.717) is 0 Å². The van der Waals surface area contributed by atoms with Gasteiger partial charge in [0.05, 0.1) is 11.0 Å². The summed E-state index contributed by atoms with van der Waals surface area (Å²) in [5, 5.41) is 2.53. The van der Waals surface area contributed by atoms with Crippen LogP contribution in [0.1, 0.15) is 37.2 Å². The molecule has 0 aliphatic heterocycles. The lowest BCUT2D eigenvalue weighted by Crippen LogP contribution is -2.11. The van der Waals surface area contributed by atoms with E-state index in [1.807, 2.05) is 12.4 Å². The molecule has 2 saturated carbocycles. The van der Waals surface area contributed by atoms with Gasteiger partial charge in [0, 0.05) is 45.9 Å². The Hall–Kier alpha value is -5.93.